The second kappa shape index (κ2) is 5.09. The summed E-state index contributed by atoms with van der Waals surface area (Å²) < 4.78 is 5.59. The van der Waals surface area contributed by atoms with Crippen molar-refractivity contribution in [1.82, 2.24) is 5.32 Å². The van der Waals surface area contributed by atoms with E-state index in [-0.39, 0.29) is 28.5 Å². The van der Waals surface area contributed by atoms with Gasteiger partial charge >= 0.3 is 5.97 Å². The molecule has 2 N–H and O–H groups in total. The number of aromatic hydroxyl groups is 1. The van der Waals surface area contributed by atoms with Crippen molar-refractivity contribution in [2.75, 3.05) is 0 Å². The van der Waals surface area contributed by atoms with Gasteiger partial charge in [0.05, 0.1) is 0 Å². The highest BCUT2D eigenvalue weighted by Crippen LogP contribution is 2.31. The summed E-state index contributed by atoms with van der Waals surface area (Å²) in [6.07, 6.45) is 1.37. The van der Waals surface area contributed by atoms with Crippen LogP contribution in [0.1, 0.15) is 50.9 Å². The molecular formula is C16H23NO3. The first-order valence-corrected chi connectivity index (χ1v) is 6.97. The molecule has 0 unspecified atom stereocenters. The molecule has 110 valence electrons. The number of rotatable bonds is 2. The van der Waals surface area contributed by atoms with Gasteiger partial charge in [0, 0.05) is 23.9 Å². The van der Waals surface area contributed by atoms with Crippen molar-refractivity contribution >= 4 is 5.97 Å². The fourth-order valence-electron chi connectivity index (χ4n) is 3.17. The number of nitrogens with one attached hydrogen (secondary N) is 1. The Labute approximate surface area is 120 Å². The molecule has 0 aliphatic carbocycles. The molecule has 1 saturated heterocycles. The summed E-state index contributed by atoms with van der Waals surface area (Å²) in [5.74, 6) is -0.494. The Balaban J connectivity index is 2.10. The predicted octanol–water partition coefficient (Wildman–Crippen LogP) is 2.86. The molecular weight excluding hydrogens is 254 g/mol. The molecule has 4 heteroatoms. The first kappa shape index (κ1) is 14.9. The van der Waals surface area contributed by atoms with Gasteiger partial charge in [-0.1, -0.05) is 12.1 Å². The number of hydrogen-bond donors (Lipinski definition) is 2. The summed E-state index contributed by atoms with van der Waals surface area (Å²) in [5, 5.41) is 13.2. The zero-order valence-electron chi connectivity index (χ0n) is 12.6. The van der Waals surface area contributed by atoms with Crippen LogP contribution in [0.3, 0.4) is 0 Å². The summed E-state index contributed by atoms with van der Waals surface area (Å²) in [4.78, 5) is 12.2. The largest absolute Gasteiger partial charge is 0.507 e. The topological polar surface area (TPSA) is 58.6 Å². The maximum absolute atomic E-state index is 12.2. The number of carbonyl (C=O) groups is 1. The third kappa shape index (κ3) is 3.51. The summed E-state index contributed by atoms with van der Waals surface area (Å²) >= 11 is 0. The SMILES string of the molecule is CC1(C)CC(OC(=O)c2ccccc2O)CC(C)(C)N1. The number of para-hydroxylation sites is 1. The zero-order valence-corrected chi connectivity index (χ0v) is 12.6. The van der Waals surface area contributed by atoms with Gasteiger partial charge in [0.2, 0.25) is 0 Å². The van der Waals surface area contributed by atoms with E-state index in [0.717, 1.165) is 12.8 Å². The maximum Gasteiger partial charge on any atom is 0.342 e. The number of phenols is 1. The van der Waals surface area contributed by atoms with Gasteiger partial charge in [0.15, 0.2) is 0 Å². The molecule has 0 atom stereocenters. The Morgan fingerprint density at radius 3 is 2.30 bits per heavy atom. The van der Waals surface area contributed by atoms with Crippen molar-refractivity contribution in [2.45, 2.75) is 57.7 Å². The van der Waals surface area contributed by atoms with E-state index in [4.69, 9.17) is 4.74 Å². The van der Waals surface area contributed by atoms with Gasteiger partial charge in [-0.15, -0.1) is 0 Å². The average molecular weight is 277 g/mol. The maximum atomic E-state index is 12.2. The van der Waals surface area contributed by atoms with E-state index in [1.807, 2.05) is 0 Å². The van der Waals surface area contributed by atoms with Crippen LogP contribution < -0.4 is 5.32 Å². The smallest absolute Gasteiger partial charge is 0.342 e. The van der Waals surface area contributed by atoms with Gasteiger partial charge in [-0.2, -0.15) is 0 Å². The first-order chi connectivity index (χ1) is 9.19. The summed E-state index contributed by atoms with van der Waals surface area (Å²) in [6, 6.07) is 6.47. The van der Waals surface area contributed by atoms with Gasteiger partial charge in [0.1, 0.15) is 17.4 Å². The van der Waals surface area contributed by atoms with E-state index in [1.165, 1.54) is 6.07 Å². The van der Waals surface area contributed by atoms with Crippen LogP contribution in [-0.4, -0.2) is 28.3 Å². The van der Waals surface area contributed by atoms with Crippen molar-refractivity contribution in [3.63, 3.8) is 0 Å². The van der Waals surface area contributed by atoms with Crippen molar-refractivity contribution in [3.8, 4) is 5.75 Å². The molecule has 0 aromatic heterocycles. The summed E-state index contributed by atoms with van der Waals surface area (Å²) in [6.45, 7) is 8.42. The summed E-state index contributed by atoms with van der Waals surface area (Å²) in [7, 11) is 0. The van der Waals surface area contributed by atoms with Crippen LogP contribution in [-0.2, 0) is 4.74 Å². The van der Waals surface area contributed by atoms with E-state index >= 15 is 0 Å². The van der Waals surface area contributed by atoms with E-state index in [9.17, 15) is 9.90 Å². The van der Waals surface area contributed by atoms with Gasteiger partial charge in [-0.3, -0.25) is 0 Å². The molecule has 1 aliphatic rings. The predicted molar refractivity (Wildman–Crippen MR) is 77.8 cm³/mol. The van der Waals surface area contributed by atoms with E-state index in [2.05, 4.69) is 33.0 Å². The highest BCUT2D eigenvalue weighted by atomic mass is 16.5. The molecule has 4 nitrogen and oxygen atoms in total. The Kier molecular flexibility index (Phi) is 3.78. The Bertz CT molecular complexity index is 492. The van der Waals surface area contributed by atoms with E-state index in [0.29, 0.717) is 0 Å². The minimum absolute atomic E-state index is 0.0371. The van der Waals surface area contributed by atoms with Crippen LogP contribution in [0.25, 0.3) is 0 Å². The van der Waals surface area contributed by atoms with Gasteiger partial charge in [0.25, 0.3) is 0 Å². The second-order valence-electron chi connectivity index (χ2n) is 6.85. The number of phenolic OH excluding ortho intramolecular Hbond substituents is 1. The van der Waals surface area contributed by atoms with Crippen molar-refractivity contribution in [3.05, 3.63) is 29.8 Å². The Morgan fingerprint density at radius 1 is 1.20 bits per heavy atom. The first-order valence-electron chi connectivity index (χ1n) is 6.97. The molecule has 0 saturated carbocycles. The molecule has 2 rings (SSSR count). The monoisotopic (exact) mass is 277 g/mol. The fraction of sp³-hybridized carbons (Fsp3) is 0.562. The number of hydrogen-bond acceptors (Lipinski definition) is 4. The molecule has 20 heavy (non-hydrogen) atoms. The molecule has 1 aliphatic heterocycles. The standard InChI is InChI=1S/C16H23NO3/c1-15(2)9-11(10-16(3,4)17-15)20-14(19)12-7-5-6-8-13(12)18/h5-8,11,17-18H,9-10H2,1-4H3. The molecule has 1 fully saturated rings. The van der Waals surface area contributed by atoms with Crippen LogP contribution in [0.15, 0.2) is 24.3 Å². The van der Waals surface area contributed by atoms with Crippen LogP contribution in [0.4, 0.5) is 0 Å². The van der Waals surface area contributed by atoms with Crippen molar-refractivity contribution < 1.29 is 14.6 Å². The minimum Gasteiger partial charge on any atom is -0.507 e. The lowest BCUT2D eigenvalue weighted by Gasteiger charge is -2.45. The van der Waals surface area contributed by atoms with E-state index in [1.54, 1.807) is 18.2 Å². The lowest BCUT2D eigenvalue weighted by molar-refractivity contribution is -0.00657. The third-order valence-electron chi connectivity index (χ3n) is 3.55. The Morgan fingerprint density at radius 2 is 1.75 bits per heavy atom. The Hall–Kier alpha value is -1.55. The number of benzene rings is 1. The molecule has 1 aromatic rings. The number of piperidine rings is 1. The number of esters is 1. The van der Waals surface area contributed by atoms with Crippen molar-refractivity contribution in [1.29, 1.82) is 0 Å². The minimum atomic E-state index is -0.457. The molecule has 0 bridgehead atoms. The van der Waals surface area contributed by atoms with Crippen molar-refractivity contribution in [2.24, 2.45) is 0 Å². The number of carbonyl (C=O) groups excluding carboxylic acids is 1. The van der Waals surface area contributed by atoms with Gasteiger partial charge in [-0.05, 0) is 39.8 Å². The quantitative estimate of drug-likeness (QED) is 0.816. The number of ether oxygens (including phenoxy) is 1. The second-order valence-corrected chi connectivity index (χ2v) is 6.85. The van der Waals surface area contributed by atoms with Crippen LogP contribution in [0.5, 0.6) is 5.75 Å². The van der Waals surface area contributed by atoms with Gasteiger partial charge < -0.3 is 15.2 Å². The molecule has 0 spiro atoms. The third-order valence-corrected chi connectivity index (χ3v) is 3.55. The molecule has 0 amide bonds. The summed E-state index contributed by atoms with van der Waals surface area (Å²) in [5.41, 5.74) is 0.0679. The molecule has 0 radical (unpaired) electrons. The normalized spacial score (nSPS) is 21.4. The van der Waals surface area contributed by atoms with Crippen LogP contribution in [0, 0.1) is 0 Å². The van der Waals surface area contributed by atoms with E-state index < -0.39 is 5.97 Å². The van der Waals surface area contributed by atoms with Crippen LogP contribution >= 0.6 is 0 Å². The molecule has 1 heterocycles. The van der Waals surface area contributed by atoms with Gasteiger partial charge in [-0.25, -0.2) is 4.79 Å². The fourth-order valence-corrected chi connectivity index (χ4v) is 3.17. The molecule has 1 aromatic carbocycles. The highest BCUT2D eigenvalue weighted by Gasteiger charge is 2.39. The van der Waals surface area contributed by atoms with Crippen LogP contribution in [0.2, 0.25) is 0 Å². The lowest BCUT2D eigenvalue weighted by atomic mass is 9.81. The lowest BCUT2D eigenvalue weighted by Crippen LogP contribution is -2.59. The zero-order chi connectivity index (χ0) is 15.0. The average Bonchev–Trinajstić information content (AvgIpc) is 2.24. The highest BCUT2D eigenvalue weighted by molar-refractivity contribution is 5.92.